The highest BCUT2D eigenvalue weighted by molar-refractivity contribution is 5.67. The number of rotatable bonds is 5. The van der Waals surface area contributed by atoms with Crippen molar-refractivity contribution in [3.8, 4) is 0 Å². The number of aromatic nitrogens is 3. The van der Waals surface area contributed by atoms with Crippen LogP contribution >= 0.6 is 0 Å². The molecule has 6 nitrogen and oxygen atoms in total. The van der Waals surface area contributed by atoms with E-state index in [1.54, 1.807) is 6.20 Å². The summed E-state index contributed by atoms with van der Waals surface area (Å²) in [4.78, 5) is 6.90. The van der Waals surface area contributed by atoms with E-state index in [0.29, 0.717) is 0 Å². The summed E-state index contributed by atoms with van der Waals surface area (Å²) in [5, 5.41) is 7.87. The van der Waals surface area contributed by atoms with Gasteiger partial charge < -0.3 is 10.1 Å². The van der Waals surface area contributed by atoms with E-state index in [-0.39, 0.29) is 0 Å². The fraction of sp³-hybridized carbons (Fsp3) is 0.368. The largest absolute Gasteiger partial charge is 0.379 e. The number of hydrogen-bond donors (Lipinski definition) is 1. The van der Waals surface area contributed by atoms with E-state index in [1.807, 2.05) is 23.7 Å². The zero-order valence-electron chi connectivity index (χ0n) is 14.5. The highest BCUT2D eigenvalue weighted by atomic mass is 16.5. The fourth-order valence-corrected chi connectivity index (χ4v) is 3.22. The molecule has 1 N–H and O–H groups in total. The molecule has 0 amide bonds. The molecule has 1 aromatic carbocycles. The number of morpholine rings is 1. The predicted molar refractivity (Wildman–Crippen MR) is 97.6 cm³/mol. The van der Waals surface area contributed by atoms with Crippen LogP contribution in [0.25, 0.3) is 5.52 Å². The normalized spacial score (nSPS) is 15.6. The highest BCUT2D eigenvalue weighted by Gasteiger charge is 2.11. The van der Waals surface area contributed by atoms with Gasteiger partial charge >= 0.3 is 0 Å². The van der Waals surface area contributed by atoms with Crippen molar-refractivity contribution in [2.24, 2.45) is 0 Å². The Balaban J connectivity index is 1.44. The second-order valence-electron chi connectivity index (χ2n) is 6.45. The van der Waals surface area contributed by atoms with E-state index in [4.69, 9.17) is 4.74 Å². The van der Waals surface area contributed by atoms with Crippen LogP contribution in [0.2, 0.25) is 0 Å². The fourth-order valence-electron chi connectivity index (χ4n) is 3.22. The molecule has 130 valence electrons. The molecule has 1 fully saturated rings. The quantitative estimate of drug-likeness (QED) is 0.775. The maximum Gasteiger partial charge on any atom is 0.152 e. The lowest BCUT2D eigenvalue weighted by molar-refractivity contribution is 0.0342. The monoisotopic (exact) mass is 337 g/mol. The van der Waals surface area contributed by atoms with Crippen molar-refractivity contribution in [3.63, 3.8) is 0 Å². The summed E-state index contributed by atoms with van der Waals surface area (Å²) in [5.41, 5.74) is 4.59. The molecule has 0 unspecified atom stereocenters. The van der Waals surface area contributed by atoms with Gasteiger partial charge in [-0.25, -0.2) is 9.50 Å². The number of anilines is 1. The third-order valence-electron chi connectivity index (χ3n) is 4.47. The zero-order valence-corrected chi connectivity index (χ0v) is 14.5. The van der Waals surface area contributed by atoms with Crippen molar-refractivity contribution >= 4 is 11.3 Å². The maximum absolute atomic E-state index is 5.42. The molecule has 1 saturated heterocycles. The topological polar surface area (TPSA) is 54.7 Å². The van der Waals surface area contributed by atoms with Crippen LogP contribution in [0.5, 0.6) is 0 Å². The molecule has 0 spiro atoms. The number of aryl methyl sites for hydroxylation is 1. The summed E-state index contributed by atoms with van der Waals surface area (Å²) in [6, 6.07) is 10.8. The zero-order chi connectivity index (χ0) is 17.1. The number of benzene rings is 1. The molecule has 0 aliphatic carbocycles. The van der Waals surface area contributed by atoms with Crippen LogP contribution in [0.4, 0.5) is 5.82 Å². The van der Waals surface area contributed by atoms with Crippen LogP contribution in [-0.2, 0) is 17.8 Å². The SMILES string of the molecule is Cc1cc2c(NCc3cccc(CN4CCOCC4)c3)nccn2n1. The Kier molecular flexibility index (Phi) is 4.63. The molecule has 3 heterocycles. The first-order valence-electron chi connectivity index (χ1n) is 8.71. The summed E-state index contributed by atoms with van der Waals surface area (Å²) in [6.07, 6.45) is 3.65. The van der Waals surface area contributed by atoms with Crippen LogP contribution < -0.4 is 5.32 Å². The lowest BCUT2D eigenvalue weighted by atomic mass is 10.1. The first kappa shape index (κ1) is 16.1. The summed E-state index contributed by atoms with van der Waals surface area (Å²) in [7, 11) is 0. The highest BCUT2D eigenvalue weighted by Crippen LogP contribution is 2.16. The predicted octanol–water partition coefficient (Wildman–Crippen LogP) is 2.48. The molecule has 25 heavy (non-hydrogen) atoms. The third-order valence-corrected chi connectivity index (χ3v) is 4.47. The Morgan fingerprint density at radius 1 is 1.16 bits per heavy atom. The van der Waals surface area contributed by atoms with Gasteiger partial charge in [-0.15, -0.1) is 0 Å². The molecule has 0 bridgehead atoms. The minimum atomic E-state index is 0.744. The Hall–Kier alpha value is -2.44. The average Bonchev–Trinajstić information content (AvgIpc) is 3.02. The van der Waals surface area contributed by atoms with Crippen LogP contribution in [0.3, 0.4) is 0 Å². The molecule has 1 aliphatic rings. The summed E-state index contributed by atoms with van der Waals surface area (Å²) >= 11 is 0. The van der Waals surface area contributed by atoms with Gasteiger partial charge in [0.2, 0.25) is 0 Å². The minimum absolute atomic E-state index is 0.744. The molecule has 0 saturated carbocycles. The average molecular weight is 337 g/mol. The van der Waals surface area contributed by atoms with E-state index in [9.17, 15) is 0 Å². The number of ether oxygens (including phenoxy) is 1. The van der Waals surface area contributed by atoms with E-state index in [2.05, 4.69) is 44.6 Å². The maximum atomic E-state index is 5.42. The Morgan fingerprint density at radius 2 is 2.00 bits per heavy atom. The molecule has 0 atom stereocenters. The van der Waals surface area contributed by atoms with Crippen LogP contribution in [0.1, 0.15) is 16.8 Å². The summed E-state index contributed by atoms with van der Waals surface area (Å²) < 4.78 is 7.28. The second-order valence-corrected chi connectivity index (χ2v) is 6.45. The summed E-state index contributed by atoms with van der Waals surface area (Å²) in [5.74, 6) is 0.863. The van der Waals surface area contributed by atoms with Gasteiger partial charge in [-0.1, -0.05) is 24.3 Å². The molecule has 2 aromatic heterocycles. The van der Waals surface area contributed by atoms with Crippen molar-refractivity contribution in [1.82, 2.24) is 19.5 Å². The molecule has 1 aliphatic heterocycles. The van der Waals surface area contributed by atoms with Gasteiger partial charge in [-0.05, 0) is 24.1 Å². The summed E-state index contributed by atoms with van der Waals surface area (Å²) in [6.45, 7) is 7.40. The van der Waals surface area contributed by atoms with E-state index in [0.717, 1.165) is 56.4 Å². The van der Waals surface area contributed by atoms with Gasteiger partial charge in [-0.2, -0.15) is 5.10 Å². The molecule has 0 radical (unpaired) electrons. The lowest BCUT2D eigenvalue weighted by Crippen LogP contribution is -2.35. The minimum Gasteiger partial charge on any atom is -0.379 e. The van der Waals surface area contributed by atoms with Gasteiger partial charge in [0.15, 0.2) is 5.82 Å². The molecular weight excluding hydrogens is 314 g/mol. The lowest BCUT2D eigenvalue weighted by Gasteiger charge is -2.26. The number of fused-ring (bicyclic) bond motifs is 1. The van der Waals surface area contributed by atoms with Gasteiger partial charge in [0.1, 0.15) is 5.52 Å². The Bertz CT molecular complexity index is 854. The van der Waals surface area contributed by atoms with Crippen molar-refractivity contribution in [2.45, 2.75) is 20.0 Å². The molecular formula is C19H23N5O. The van der Waals surface area contributed by atoms with Crippen molar-refractivity contribution in [1.29, 1.82) is 0 Å². The number of nitrogens with one attached hydrogen (secondary N) is 1. The molecule has 3 aromatic rings. The van der Waals surface area contributed by atoms with Crippen molar-refractivity contribution in [3.05, 3.63) is 59.5 Å². The van der Waals surface area contributed by atoms with Gasteiger partial charge in [0.25, 0.3) is 0 Å². The van der Waals surface area contributed by atoms with Crippen molar-refractivity contribution in [2.75, 3.05) is 31.6 Å². The van der Waals surface area contributed by atoms with Crippen LogP contribution in [0.15, 0.2) is 42.7 Å². The standard InChI is InChI=1S/C19H23N5O/c1-15-11-18-19(20-5-6-24(18)22-15)21-13-16-3-2-4-17(12-16)14-23-7-9-25-10-8-23/h2-6,11-12H,7-10,13-14H2,1H3,(H,20,21). The first-order valence-corrected chi connectivity index (χ1v) is 8.71. The van der Waals surface area contributed by atoms with E-state index in [1.165, 1.54) is 11.1 Å². The number of hydrogen-bond acceptors (Lipinski definition) is 5. The van der Waals surface area contributed by atoms with Gasteiger partial charge in [0, 0.05) is 38.6 Å². The second kappa shape index (κ2) is 7.21. The Labute approximate surface area is 147 Å². The smallest absolute Gasteiger partial charge is 0.152 e. The van der Waals surface area contributed by atoms with E-state index >= 15 is 0 Å². The van der Waals surface area contributed by atoms with Gasteiger partial charge in [-0.3, -0.25) is 4.90 Å². The third kappa shape index (κ3) is 3.81. The molecule has 4 rings (SSSR count). The van der Waals surface area contributed by atoms with Crippen LogP contribution in [-0.4, -0.2) is 45.8 Å². The van der Waals surface area contributed by atoms with Gasteiger partial charge in [0.05, 0.1) is 18.9 Å². The van der Waals surface area contributed by atoms with E-state index < -0.39 is 0 Å². The van der Waals surface area contributed by atoms with Crippen molar-refractivity contribution < 1.29 is 4.74 Å². The number of nitrogens with zero attached hydrogens (tertiary/aromatic N) is 4. The first-order chi connectivity index (χ1) is 12.3. The Morgan fingerprint density at radius 3 is 2.88 bits per heavy atom. The van der Waals surface area contributed by atoms with Crippen LogP contribution in [0, 0.1) is 6.92 Å². The molecule has 6 heteroatoms.